The monoisotopic (exact) mass is 444 g/mol. The molecule has 0 atom stereocenters. The van der Waals surface area contributed by atoms with Crippen LogP contribution in [0.5, 0.6) is 0 Å². The molecule has 0 aliphatic rings. The fourth-order valence-electron chi connectivity index (χ4n) is 2.39. The summed E-state index contributed by atoms with van der Waals surface area (Å²) in [6, 6.07) is 0. The largest absolute Gasteiger partial charge is 0.462 e. The minimum Gasteiger partial charge on any atom is -0.462 e. The van der Waals surface area contributed by atoms with E-state index < -0.39 is 60.9 Å². The minimum atomic E-state index is -4.64. The van der Waals surface area contributed by atoms with Crippen molar-refractivity contribution >= 4 is 17.9 Å². The third kappa shape index (κ3) is 8.47. The Morgan fingerprint density at radius 3 is 1.57 bits per heavy atom. The van der Waals surface area contributed by atoms with E-state index in [9.17, 15) is 31.9 Å². The van der Waals surface area contributed by atoms with Crippen molar-refractivity contribution in [2.24, 2.45) is 17.3 Å². The summed E-state index contributed by atoms with van der Waals surface area (Å²) in [7, 11) is 0. The summed E-state index contributed by atoms with van der Waals surface area (Å²) in [5.74, 6) is -14.8. The second kappa shape index (κ2) is 10.9. The van der Waals surface area contributed by atoms with E-state index in [2.05, 4.69) is 4.74 Å². The molecule has 0 saturated heterocycles. The molecule has 0 spiro atoms. The molecule has 0 radical (unpaired) electrons. The highest BCUT2D eigenvalue weighted by Gasteiger charge is 2.55. The van der Waals surface area contributed by atoms with Crippen LogP contribution in [0.3, 0.4) is 0 Å². The fraction of sp³-hybridized carbons (Fsp3) is 0.850. The zero-order chi connectivity index (χ0) is 23.9. The first-order valence-corrected chi connectivity index (χ1v) is 9.79. The number of halogens is 4. The molecule has 0 fully saturated rings. The molecular formula is C20H32F4O6. The van der Waals surface area contributed by atoms with Crippen LogP contribution in [0.25, 0.3) is 0 Å². The van der Waals surface area contributed by atoms with Gasteiger partial charge < -0.3 is 14.2 Å². The van der Waals surface area contributed by atoms with Crippen molar-refractivity contribution in [1.29, 1.82) is 0 Å². The maximum Gasteiger partial charge on any atom is 0.377 e. The van der Waals surface area contributed by atoms with Gasteiger partial charge in [0.1, 0.15) is 19.3 Å². The predicted octanol–water partition coefficient (Wildman–Crippen LogP) is 4.39. The normalized spacial score (nSPS) is 13.0. The molecule has 6 nitrogen and oxygen atoms in total. The summed E-state index contributed by atoms with van der Waals surface area (Å²) in [4.78, 5) is 35.0. The Morgan fingerprint density at radius 2 is 1.17 bits per heavy atom. The molecule has 0 aliphatic heterocycles. The number of hydrogen-bond donors (Lipinski definition) is 0. The van der Waals surface area contributed by atoms with Gasteiger partial charge in [-0.15, -0.1) is 0 Å². The van der Waals surface area contributed by atoms with Gasteiger partial charge in [-0.05, 0) is 32.1 Å². The highest BCUT2D eigenvalue weighted by molar-refractivity contribution is 5.82. The minimum absolute atomic E-state index is 0.310. The zero-order valence-electron chi connectivity index (χ0n) is 18.5. The predicted molar refractivity (Wildman–Crippen MR) is 100 cm³/mol. The van der Waals surface area contributed by atoms with E-state index in [-0.39, 0.29) is 11.8 Å². The number of alkyl halides is 4. The van der Waals surface area contributed by atoms with Crippen LogP contribution >= 0.6 is 0 Å². The quantitative estimate of drug-likeness (QED) is 0.192. The second-order valence-corrected chi connectivity index (χ2v) is 8.45. The number of rotatable bonds is 12. The first-order valence-electron chi connectivity index (χ1n) is 9.79. The second-order valence-electron chi connectivity index (χ2n) is 8.45. The highest BCUT2D eigenvalue weighted by Crippen LogP contribution is 2.34. The number of carbonyl (C=O) groups excluding carboxylic acids is 3. The Bertz CT molecular complexity index is 594. The van der Waals surface area contributed by atoms with Gasteiger partial charge in [-0.1, -0.05) is 34.6 Å². The van der Waals surface area contributed by atoms with Crippen molar-refractivity contribution in [3.05, 3.63) is 0 Å². The molecular weight excluding hydrogens is 412 g/mol. The smallest absolute Gasteiger partial charge is 0.377 e. The van der Waals surface area contributed by atoms with Gasteiger partial charge >= 0.3 is 29.8 Å². The molecule has 10 heteroatoms. The Kier molecular flexibility index (Phi) is 10.3. The van der Waals surface area contributed by atoms with Crippen LogP contribution in [0.15, 0.2) is 0 Å². The summed E-state index contributed by atoms with van der Waals surface area (Å²) in [6.07, 6.45) is -2.82. The number of ether oxygens (including phenoxy) is 3. The van der Waals surface area contributed by atoms with E-state index in [1.54, 1.807) is 48.5 Å². The molecule has 0 aliphatic carbocycles. The van der Waals surface area contributed by atoms with Crippen LogP contribution in [-0.4, -0.2) is 49.1 Å². The average Bonchev–Trinajstić information content (AvgIpc) is 2.60. The van der Waals surface area contributed by atoms with E-state index in [0.29, 0.717) is 6.42 Å². The van der Waals surface area contributed by atoms with E-state index in [4.69, 9.17) is 9.47 Å². The topological polar surface area (TPSA) is 78.9 Å². The molecule has 176 valence electrons. The summed E-state index contributed by atoms with van der Waals surface area (Å²) < 4.78 is 69.5. The lowest BCUT2D eigenvalue weighted by molar-refractivity contribution is -0.202. The van der Waals surface area contributed by atoms with E-state index in [0.717, 1.165) is 0 Å². The highest BCUT2D eigenvalue weighted by atomic mass is 19.3. The van der Waals surface area contributed by atoms with Crippen LogP contribution in [0.4, 0.5) is 17.6 Å². The van der Waals surface area contributed by atoms with E-state index >= 15 is 0 Å². The van der Waals surface area contributed by atoms with Gasteiger partial charge in [-0.2, -0.15) is 17.6 Å². The Hall–Kier alpha value is -1.87. The standard InChI is InChI=1S/C20H32F4O6/c1-8-18(6,7)15(25)28-9-10-29-16(26)19(21,22)11-20(23,24)17(27)30-14(12(2)3)13(4)5/h12-14H,8-11H2,1-7H3. The Morgan fingerprint density at radius 1 is 0.767 bits per heavy atom. The van der Waals surface area contributed by atoms with Gasteiger partial charge in [-0.3, -0.25) is 4.79 Å². The van der Waals surface area contributed by atoms with Crippen LogP contribution < -0.4 is 0 Å². The van der Waals surface area contributed by atoms with Gasteiger partial charge in [0.15, 0.2) is 0 Å². The lowest BCUT2D eigenvalue weighted by Gasteiger charge is -2.28. The first kappa shape index (κ1) is 28.1. The Balaban J connectivity index is 4.81. The third-order valence-corrected chi connectivity index (χ3v) is 4.58. The van der Waals surface area contributed by atoms with Crippen molar-refractivity contribution in [2.75, 3.05) is 13.2 Å². The van der Waals surface area contributed by atoms with Crippen LogP contribution in [0, 0.1) is 17.3 Å². The zero-order valence-corrected chi connectivity index (χ0v) is 18.5. The lowest BCUT2D eigenvalue weighted by Crippen LogP contribution is -2.44. The molecule has 30 heavy (non-hydrogen) atoms. The summed E-state index contributed by atoms with van der Waals surface area (Å²) in [6.45, 7) is 10.3. The fourth-order valence-corrected chi connectivity index (χ4v) is 2.39. The molecule has 0 aromatic rings. The third-order valence-electron chi connectivity index (χ3n) is 4.58. The summed E-state index contributed by atoms with van der Waals surface area (Å²) >= 11 is 0. The summed E-state index contributed by atoms with van der Waals surface area (Å²) in [5, 5.41) is 0. The SMILES string of the molecule is CCC(C)(C)C(=O)OCCOC(=O)C(F)(F)CC(F)(F)C(=O)OC(C(C)C)C(C)C. The van der Waals surface area contributed by atoms with Gasteiger partial charge in [0.05, 0.1) is 11.8 Å². The molecule has 0 saturated carbocycles. The van der Waals surface area contributed by atoms with Crippen molar-refractivity contribution in [3.63, 3.8) is 0 Å². The van der Waals surface area contributed by atoms with Crippen LogP contribution in [-0.2, 0) is 28.6 Å². The van der Waals surface area contributed by atoms with Gasteiger partial charge in [0.25, 0.3) is 0 Å². The average molecular weight is 444 g/mol. The van der Waals surface area contributed by atoms with Crippen LogP contribution in [0.1, 0.15) is 61.3 Å². The molecule has 0 amide bonds. The van der Waals surface area contributed by atoms with Gasteiger partial charge in [0, 0.05) is 0 Å². The number of carbonyl (C=O) groups is 3. The van der Waals surface area contributed by atoms with Crippen molar-refractivity contribution in [1.82, 2.24) is 0 Å². The van der Waals surface area contributed by atoms with Gasteiger partial charge in [-0.25, -0.2) is 9.59 Å². The Labute approximate surface area is 174 Å². The molecule has 0 unspecified atom stereocenters. The van der Waals surface area contributed by atoms with Crippen molar-refractivity contribution < 1.29 is 46.2 Å². The van der Waals surface area contributed by atoms with E-state index in [1.165, 1.54) is 0 Å². The number of esters is 3. The first-order chi connectivity index (χ1) is 13.5. The molecule has 0 bridgehead atoms. The maximum atomic E-state index is 14.0. The molecule has 0 rings (SSSR count). The van der Waals surface area contributed by atoms with Crippen LogP contribution in [0.2, 0.25) is 0 Å². The number of hydrogen-bond acceptors (Lipinski definition) is 6. The maximum absolute atomic E-state index is 14.0. The van der Waals surface area contributed by atoms with Crippen molar-refractivity contribution in [2.45, 2.75) is 79.3 Å². The lowest BCUT2D eigenvalue weighted by atomic mass is 9.91. The van der Waals surface area contributed by atoms with Gasteiger partial charge in [0.2, 0.25) is 0 Å². The summed E-state index contributed by atoms with van der Waals surface area (Å²) in [5.41, 5.74) is -0.805. The van der Waals surface area contributed by atoms with E-state index in [1.807, 2.05) is 0 Å². The molecule has 0 aromatic heterocycles. The molecule has 0 aromatic carbocycles. The molecule has 0 N–H and O–H groups in total. The van der Waals surface area contributed by atoms with Crippen molar-refractivity contribution in [3.8, 4) is 0 Å². The molecule has 0 heterocycles.